The first kappa shape index (κ1) is 18.3. The number of hydrogen-bond donors (Lipinski definition) is 0. The maximum atomic E-state index is 2.55. The molecule has 1 fully saturated rings. The van der Waals surface area contributed by atoms with Crippen molar-refractivity contribution in [2.24, 2.45) is 0 Å². The molecule has 0 saturated heterocycles. The molecule has 0 aliphatic heterocycles. The molecule has 0 nitrogen and oxygen atoms in total. The fraction of sp³-hybridized carbons (Fsp3) is 0.714. The molecule has 120 valence electrons. The molecular weight excluding hydrogens is 252 g/mol. The van der Waals surface area contributed by atoms with E-state index >= 15 is 0 Å². The molecule has 1 aromatic rings. The predicted octanol–water partition coefficient (Wildman–Crippen LogP) is 7.32. The van der Waals surface area contributed by atoms with Crippen LogP contribution < -0.4 is 0 Å². The van der Waals surface area contributed by atoms with Crippen LogP contribution >= 0.6 is 0 Å². The van der Waals surface area contributed by atoms with Crippen LogP contribution in [0.3, 0.4) is 0 Å². The minimum Gasteiger partial charge on any atom is -0.0683 e. The van der Waals surface area contributed by atoms with E-state index in [4.69, 9.17) is 0 Å². The first-order chi connectivity index (χ1) is 10.0. The average Bonchev–Trinajstić information content (AvgIpc) is 3.01. The van der Waals surface area contributed by atoms with Crippen LogP contribution in [0.15, 0.2) is 12.1 Å². The highest BCUT2D eigenvalue weighted by atomic mass is 14.3. The molecule has 1 aliphatic carbocycles. The molecule has 21 heavy (non-hydrogen) atoms. The first-order valence-corrected chi connectivity index (χ1v) is 9.18. The van der Waals surface area contributed by atoms with Gasteiger partial charge in [0.2, 0.25) is 0 Å². The molecule has 1 unspecified atom stereocenters. The van der Waals surface area contributed by atoms with Crippen LogP contribution in [0.25, 0.3) is 0 Å². The van der Waals surface area contributed by atoms with Gasteiger partial charge >= 0.3 is 0 Å². The maximum Gasteiger partial charge on any atom is -0.0162 e. The summed E-state index contributed by atoms with van der Waals surface area (Å²) in [5.41, 5.74) is 6.37. The van der Waals surface area contributed by atoms with Gasteiger partial charge in [-0.15, -0.1) is 0 Å². The molecule has 0 bridgehead atoms. The molecule has 1 saturated carbocycles. The number of rotatable bonds is 4. The van der Waals surface area contributed by atoms with Crippen molar-refractivity contribution >= 4 is 0 Å². The van der Waals surface area contributed by atoms with Gasteiger partial charge in [-0.2, -0.15) is 0 Å². The Kier molecular flexibility index (Phi) is 7.49. The quantitative estimate of drug-likeness (QED) is 0.544. The Bertz CT molecular complexity index is 422. The SMILES string of the molecule is CC.CCC(C)c1cc(C2CCCC2)cc(C)c1C(C)C. The van der Waals surface area contributed by atoms with E-state index in [1.54, 1.807) is 16.7 Å². The molecule has 0 aromatic heterocycles. The lowest BCUT2D eigenvalue weighted by atomic mass is 9.82. The van der Waals surface area contributed by atoms with Crippen LogP contribution in [0, 0.1) is 6.92 Å². The minimum atomic E-state index is 0.640. The number of aryl methyl sites for hydroxylation is 1. The summed E-state index contributed by atoms with van der Waals surface area (Å²) in [5, 5.41) is 0. The summed E-state index contributed by atoms with van der Waals surface area (Å²) in [6.45, 7) is 15.7. The summed E-state index contributed by atoms with van der Waals surface area (Å²) in [6, 6.07) is 5.03. The topological polar surface area (TPSA) is 0 Å². The maximum absolute atomic E-state index is 2.55. The molecule has 2 rings (SSSR count). The molecule has 0 spiro atoms. The van der Waals surface area contributed by atoms with Gasteiger partial charge in [0.15, 0.2) is 0 Å². The summed E-state index contributed by atoms with van der Waals surface area (Å²) in [4.78, 5) is 0. The second-order valence-corrected chi connectivity index (χ2v) is 6.79. The summed E-state index contributed by atoms with van der Waals surface area (Å²) < 4.78 is 0. The van der Waals surface area contributed by atoms with Crippen molar-refractivity contribution in [1.29, 1.82) is 0 Å². The van der Waals surface area contributed by atoms with Gasteiger partial charge in [-0.05, 0) is 66.2 Å². The Balaban J connectivity index is 0.00000106. The lowest BCUT2D eigenvalue weighted by Gasteiger charge is -2.23. The summed E-state index contributed by atoms with van der Waals surface area (Å²) >= 11 is 0. The van der Waals surface area contributed by atoms with Gasteiger partial charge in [0.25, 0.3) is 0 Å². The molecule has 0 radical (unpaired) electrons. The zero-order valence-electron chi connectivity index (χ0n) is 15.4. The lowest BCUT2D eigenvalue weighted by molar-refractivity contribution is 0.686. The smallest absolute Gasteiger partial charge is 0.0162 e. The van der Waals surface area contributed by atoms with Crippen molar-refractivity contribution in [2.45, 2.75) is 98.3 Å². The highest BCUT2D eigenvalue weighted by Crippen LogP contribution is 2.39. The molecule has 1 atom stereocenters. The monoisotopic (exact) mass is 288 g/mol. The Morgan fingerprint density at radius 2 is 1.62 bits per heavy atom. The Morgan fingerprint density at radius 3 is 2.10 bits per heavy atom. The Morgan fingerprint density at radius 1 is 1.05 bits per heavy atom. The van der Waals surface area contributed by atoms with E-state index in [0.29, 0.717) is 11.8 Å². The van der Waals surface area contributed by atoms with Crippen molar-refractivity contribution in [3.05, 3.63) is 34.4 Å². The van der Waals surface area contributed by atoms with Crippen LogP contribution in [0.1, 0.15) is 114 Å². The van der Waals surface area contributed by atoms with Gasteiger partial charge in [-0.3, -0.25) is 0 Å². The molecule has 1 aromatic carbocycles. The highest BCUT2D eigenvalue weighted by Gasteiger charge is 2.21. The van der Waals surface area contributed by atoms with Gasteiger partial charge in [0.05, 0.1) is 0 Å². The van der Waals surface area contributed by atoms with E-state index in [2.05, 4.69) is 46.8 Å². The van der Waals surface area contributed by atoms with E-state index in [0.717, 1.165) is 5.92 Å². The third-order valence-corrected chi connectivity index (χ3v) is 4.99. The molecule has 0 amide bonds. The van der Waals surface area contributed by atoms with Gasteiger partial charge in [-0.1, -0.05) is 66.5 Å². The van der Waals surface area contributed by atoms with Crippen LogP contribution in [-0.2, 0) is 0 Å². The first-order valence-electron chi connectivity index (χ1n) is 9.18. The van der Waals surface area contributed by atoms with Crippen LogP contribution in [0.4, 0.5) is 0 Å². The lowest BCUT2D eigenvalue weighted by Crippen LogP contribution is -2.06. The van der Waals surface area contributed by atoms with Crippen LogP contribution in [-0.4, -0.2) is 0 Å². The van der Waals surface area contributed by atoms with Gasteiger partial charge in [0, 0.05) is 0 Å². The van der Waals surface area contributed by atoms with E-state index in [1.807, 2.05) is 13.8 Å². The zero-order valence-corrected chi connectivity index (χ0v) is 15.4. The highest BCUT2D eigenvalue weighted by molar-refractivity contribution is 5.43. The Hall–Kier alpha value is -0.780. The van der Waals surface area contributed by atoms with Crippen molar-refractivity contribution in [3.8, 4) is 0 Å². The molecule has 0 N–H and O–H groups in total. The summed E-state index contributed by atoms with van der Waals surface area (Å²) in [6.07, 6.45) is 6.90. The second-order valence-electron chi connectivity index (χ2n) is 6.79. The van der Waals surface area contributed by atoms with Crippen LogP contribution in [0.5, 0.6) is 0 Å². The van der Waals surface area contributed by atoms with Gasteiger partial charge < -0.3 is 0 Å². The molecule has 0 heterocycles. The van der Waals surface area contributed by atoms with Crippen molar-refractivity contribution in [2.75, 3.05) is 0 Å². The van der Waals surface area contributed by atoms with E-state index < -0.39 is 0 Å². The van der Waals surface area contributed by atoms with E-state index in [9.17, 15) is 0 Å². The normalized spacial score (nSPS) is 16.8. The molecule has 1 aliphatic rings. The fourth-order valence-electron chi connectivity index (χ4n) is 3.77. The van der Waals surface area contributed by atoms with Crippen molar-refractivity contribution in [1.82, 2.24) is 0 Å². The fourth-order valence-corrected chi connectivity index (χ4v) is 3.77. The predicted molar refractivity (Wildman–Crippen MR) is 96.5 cm³/mol. The zero-order chi connectivity index (χ0) is 16.0. The third kappa shape index (κ3) is 4.34. The average molecular weight is 289 g/mol. The van der Waals surface area contributed by atoms with Crippen LogP contribution in [0.2, 0.25) is 0 Å². The summed E-state index contributed by atoms with van der Waals surface area (Å²) in [5.74, 6) is 2.17. The minimum absolute atomic E-state index is 0.640. The molecule has 0 heteroatoms. The van der Waals surface area contributed by atoms with Gasteiger partial charge in [0.1, 0.15) is 0 Å². The van der Waals surface area contributed by atoms with E-state index in [1.165, 1.54) is 37.7 Å². The van der Waals surface area contributed by atoms with E-state index in [-0.39, 0.29) is 0 Å². The van der Waals surface area contributed by atoms with Crippen molar-refractivity contribution in [3.63, 3.8) is 0 Å². The van der Waals surface area contributed by atoms with Gasteiger partial charge in [-0.25, -0.2) is 0 Å². The number of hydrogen-bond acceptors (Lipinski definition) is 0. The van der Waals surface area contributed by atoms with Crippen molar-refractivity contribution < 1.29 is 0 Å². The standard InChI is InChI=1S/C19H30.C2H6/c1-6-14(4)18-12-17(16-9-7-8-10-16)11-15(5)19(18)13(2)3;1-2/h11-14,16H,6-10H2,1-5H3;1-2H3. The summed E-state index contributed by atoms with van der Waals surface area (Å²) in [7, 11) is 0. The molecular formula is C21H36. The largest absolute Gasteiger partial charge is 0.0683 e. The Labute approximate surface area is 133 Å². The third-order valence-electron chi connectivity index (χ3n) is 4.99. The number of benzene rings is 1. The second kappa shape index (κ2) is 8.61.